The number of aliphatic hydroxyl groups is 5. The number of methoxy groups -OCH3 is 1. The molecule has 11 heteroatoms. The van der Waals surface area contributed by atoms with Gasteiger partial charge in [0.25, 0.3) is 0 Å². The molecule has 0 amide bonds. The summed E-state index contributed by atoms with van der Waals surface area (Å²) >= 11 is 0. The van der Waals surface area contributed by atoms with Gasteiger partial charge in [-0.2, -0.15) is 0 Å². The first-order valence-electron chi connectivity index (χ1n) is 10.1. The van der Waals surface area contributed by atoms with Gasteiger partial charge < -0.3 is 54.0 Å². The van der Waals surface area contributed by atoms with Crippen molar-refractivity contribution in [1.29, 1.82) is 0 Å². The predicted octanol–water partition coefficient (Wildman–Crippen LogP) is -1.98. The maximum Gasteiger partial charge on any atom is 0.187 e. The fourth-order valence-electron chi connectivity index (χ4n) is 4.03. The highest BCUT2D eigenvalue weighted by Gasteiger charge is 2.53. The molecule has 1 aromatic carbocycles. The molecule has 3 heterocycles. The van der Waals surface area contributed by atoms with E-state index >= 15 is 0 Å². The molecule has 3 fully saturated rings. The summed E-state index contributed by atoms with van der Waals surface area (Å²) in [5, 5.41) is 50.6. The zero-order valence-corrected chi connectivity index (χ0v) is 16.8. The van der Waals surface area contributed by atoms with Crippen molar-refractivity contribution in [3.8, 4) is 0 Å². The molecular formula is C20H28O11. The van der Waals surface area contributed by atoms with Crippen LogP contribution in [-0.2, 0) is 28.4 Å². The molecule has 1 aromatic rings. The summed E-state index contributed by atoms with van der Waals surface area (Å²) in [5.41, 5.74) is 0.760. The van der Waals surface area contributed by atoms with Crippen LogP contribution in [0.3, 0.4) is 0 Å². The minimum absolute atomic E-state index is 0.130. The molecule has 0 aromatic heterocycles. The molecule has 5 N–H and O–H groups in total. The van der Waals surface area contributed by atoms with E-state index in [4.69, 9.17) is 28.4 Å². The van der Waals surface area contributed by atoms with E-state index in [1.165, 1.54) is 7.11 Å². The minimum Gasteiger partial charge on any atom is -0.394 e. The molecule has 0 radical (unpaired) electrons. The van der Waals surface area contributed by atoms with Gasteiger partial charge in [-0.05, 0) is 0 Å². The largest absolute Gasteiger partial charge is 0.394 e. The molecule has 3 aliphatic heterocycles. The van der Waals surface area contributed by atoms with E-state index in [0.717, 1.165) is 5.56 Å². The second kappa shape index (κ2) is 9.73. The number of fused-ring (bicyclic) bond motifs is 1. The van der Waals surface area contributed by atoms with E-state index < -0.39 is 74.3 Å². The Bertz CT molecular complexity index is 704. The third-order valence-electron chi connectivity index (χ3n) is 5.75. The lowest BCUT2D eigenvalue weighted by atomic mass is 9.96. The average Bonchev–Trinajstić information content (AvgIpc) is 2.80. The van der Waals surface area contributed by atoms with Crippen LogP contribution < -0.4 is 0 Å². The molecule has 0 aliphatic carbocycles. The topological polar surface area (TPSA) is 157 Å². The van der Waals surface area contributed by atoms with E-state index in [1.807, 2.05) is 30.3 Å². The molecule has 3 saturated heterocycles. The summed E-state index contributed by atoms with van der Waals surface area (Å²) in [4.78, 5) is 0. The molecule has 0 bridgehead atoms. The van der Waals surface area contributed by atoms with Crippen molar-refractivity contribution in [3.05, 3.63) is 35.9 Å². The van der Waals surface area contributed by atoms with Gasteiger partial charge in [0.1, 0.15) is 48.8 Å². The Morgan fingerprint density at radius 3 is 2.32 bits per heavy atom. The highest BCUT2D eigenvalue weighted by atomic mass is 16.8. The summed E-state index contributed by atoms with van der Waals surface area (Å²) in [6, 6.07) is 9.19. The minimum atomic E-state index is -1.63. The van der Waals surface area contributed by atoms with Crippen LogP contribution in [0.2, 0.25) is 0 Å². The predicted molar refractivity (Wildman–Crippen MR) is 100 cm³/mol. The van der Waals surface area contributed by atoms with Gasteiger partial charge in [-0.15, -0.1) is 0 Å². The highest BCUT2D eigenvalue weighted by Crippen LogP contribution is 2.37. The number of hydrogen-bond donors (Lipinski definition) is 5. The Hall–Kier alpha value is -1.22. The van der Waals surface area contributed by atoms with Crippen molar-refractivity contribution < 1.29 is 54.0 Å². The van der Waals surface area contributed by atoms with E-state index in [-0.39, 0.29) is 6.61 Å². The first-order valence-corrected chi connectivity index (χ1v) is 10.1. The van der Waals surface area contributed by atoms with Gasteiger partial charge >= 0.3 is 0 Å². The van der Waals surface area contributed by atoms with Crippen molar-refractivity contribution in [2.24, 2.45) is 0 Å². The molecule has 31 heavy (non-hydrogen) atoms. The Balaban J connectivity index is 1.55. The Kier molecular flexibility index (Phi) is 7.20. The van der Waals surface area contributed by atoms with Crippen LogP contribution >= 0.6 is 0 Å². The molecule has 0 saturated carbocycles. The molecule has 174 valence electrons. The van der Waals surface area contributed by atoms with Gasteiger partial charge in [0, 0.05) is 12.7 Å². The SMILES string of the molecule is CO[C@@H]1OC2COC(c3ccccc3)O[C@@H]2C(O[C@@H]2OC(CO)[C@H](O)C(O)C2O)C1O. The Morgan fingerprint density at radius 2 is 1.65 bits per heavy atom. The fourth-order valence-corrected chi connectivity index (χ4v) is 4.03. The van der Waals surface area contributed by atoms with Crippen LogP contribution in [0, 0.1) is 0 Å². The molecule has 3 aliphatic rings. The van der Waals surface area contributed by atoms with E-state index in [2.05, 4.69) is 0 Å². The molecular weight excluding hydrogens is 416 g/mol. The third kappa shape index (κ3) is 4.49. The van der Waals surface area contributed by atoms with Crippen LogP contribution in [0.25, 0.3) is 0 Å². The van der Waals surface area contributed by atoms with Gasteiger partial charge in [-0.1, -0.05) is 30.3 Å². The van der Waals surface area contributed by atoms with E-state index in [0.29, 0.717) is 0 Å². The maximum absolute atomic E-state index is 10.8. The third-order valence-corrected chi connectivity index (χ3v) is 5.75. The fraction of sp³-hybridized carbons (Fsp3) is 0.700. The monoisotopic (exact) mass is 444 g/mol. The zero-order valence-electron chi connectivity index (χ0n) is 16.8. The van der Waals surface area contributed by atoms with Crippen LogP contribution in [0.1, 0.15) is 11.9 Å². The second-order valence-electron chi connectivity index (χ2n) is 7.74. The van der Waals surface area contributed by atoms with Crippen molar-refractivity contribution in [2.75, 3.05) is 20.3 Å². The van der Waals surface area contributed by atoms with Gasteiger partial charge in [-0.25, -0.2) is 0 Å². The number of benzene rings is 1. The molecule has 11 atom stereocenters. The highest BCUT2D eigenvalue weighted by molar-refractivity contribution is 5.16. The normalized spacial score (nSPS) is 45.8. The number of ether oxygens (including phenoxy) is 6. The average molecular weight is 444 g/mol. The lowest BCUT2D eigenvalue weighted by Crippen LogP contribution is -2.66. The summed E-state index contributed by atoms with van der Waals surface area (Å²) in [7, 11) is 1.36. The van der Waals surface area contributed by atoms with Gasteiger partial charge in [0.15, 0.2) is 18.9 Å². The van der Waals surface area contributed by atoms with Crippen molar-refractivity contribution >= 4 is 0 Å². The van der Waals surface area contributed by atoms with Crippen LogP contribution in [0.5, 0.6) is 0 Å². The lowest BCUT2D eigenvalue weighted by Gasteiger charge is -2.49. The summed E-state index contributed by atoms with van der Waals surface area (Å²) in [6.45, 7) is -0.473. The second-order valence-corrected chi connectivity index (χ2v) is 7.74. The quantitative estimate of drug-likeness (QED) is 0.343. The van der Waals surface area contributed by atoms with Gasteiger partial charge in [0.05, 0.1) is 13.2 Å². The van der Waals surface area contributed by atoms with Crippen molar-refractivity contribution in [3.63, 3.8) is 0 Å². The number of hydrogen-bond acceptors (Lipinski definition) is 11. The van der Waals surface area contributed by atoms with Crippen molar-refractivity contribution in [1.82, 2.24) is 0 Å². The van der Waals surface area contributed by atoms with Gasteiger partial charge in [0.2, 0.25) is 0 Å². The zero-order chi connectivity index (χ0) is 22.1. The van der Waals surface area contributed by atoms with Crippen LogP contribution in [0.15, 0.2) is 30.3 Å². The standard InChI is InChI=1S/C20H28O11/c1-26-19-15(25)17(31-20-14(24)13(23)12(22)10(7-21)28-20)16-11(29-19)8-27-18(30-16)9-5-3-2-4-6-9/h2-6,10-25H,7-8H2,1H3/t10?,11?,12-,13?,14?,15?,16-,17?,18?,19+,20-/m0/s1. The van der Waals surface area contributed by atoms with E-state index in [9.17, 15) is 25.5 Å². The molecule has 4 rings (SSSR count). The summed E-state index contributed by atoms with van der Waals surface area (Å²) in [6.07, 6.45) is -13.1. The first kappa shape index (κ1) is 23.0. The number of aliphatic hydroxyl groups excluding tert-OH is 5. The van der Waals surface area contributed by atoms with Gasteiger partial charge in [-0.3, -0.25) is 0 Å². The number of rotatable bonds is 5. The maximum atomic E-state index is 10.8. The van der Waals surface area contributed by atoms with E-state index in [1.54, 1.807) is 0 Å². The summed E-state index contributed by atoms with van der Waals surface area (Å²) < 4.78 is 34.0. The smallest absolute Gasteiger partial charge is 0.187 e. The van der Waals surface area contributed by atoms with Crippen molar-refractivity contribution in [2.45, 2.75) is 67.7 Å². The molecule has 11 nitrogen and oxygen atoms in total. The Morgan fingerprint density at radius 1 is 0.903 bits per heavy atom. The summed E-state index contributed by atoms with van der Waals surface area (Å²) in [5.74, 6) is 0. The molecule has 7 unspecified atom stereocenters. The lowest BCUT2D eigenvalue weighted by molar-refractivity contribution is -0.390. The van der Waals surface area contributed by atoms with Crippen LogP contribution in [0.4, 0.5) is 0 Å². The van der Waals surface area contributed by atoms with Crippen LogP contribution in [-0.4, -0.2) is 107 Å². The first-order chi connectivity index (χ1) is 14.9. The Labute approximate surface area is 178 Å². The molecule has 0 spiro atoms.